The minimum Gasteiger partial charge on any atom is -0.383 e. The molecule has 16 heavy (non-hydrogen) atoms. The van der Waals surface area contributed by atoms with Gasteiger partial charge in [-0.25, -0.2) is 0 Å². The van der Waals surface area contributed by atoms with E-state index in [2.05, 4.69) is 29.3 Å². The molecule has 0 aliphatic rings. The molecule has 1 rings (SSSR count). The molecule has 0 heterocycles. The van der Waals surface area contributed by atoms with Gasteiger partial charge in [0.15, 0.2) is 0 Å². The van der Waals surface area contributed by atoms with E-state index >= 15 is 0 Å². The third kappa shape index (κ3) is 4.48. The van der Waals surface area contributed by atoms with Crippen LogP contribution in [0.15, 0.2) is 30.3 Å². The molecule has 2 heteroatoms. The topological polar surface area (TPSA) is 21.3 Å². The minimum absolute atomic E-state index is 0.254. The lowest BCUT2D eigenvalue weighted by Gasteiger charge is -2.17. The van der Waals surface area contributed by atoms with E-state index in [1.54, 1.807) is 7.11 Å². The molecule has 0 saturated heterocycles. The highest BCUT2D eigenvalue weighted by atomic mass is 16.5. The lowest BCUT2D eigenvalue weighted by Crippen LogP contribution is -2.26. The van der Waals surface area contributed by atoms with Crippen LogP contribution in [0.2, 0.25) is 0 Å². The van der Waals surface area contributed by atoms with Crippen LogP contribution in [0.3, 0.4) is 0 Å². The molecule has 86 valence electrons. The van der Waals surface area contributed by atoms with E-state index in [-0.39, 0.29) is 6.04 Å². The summed E-state index contributed by atoms with van der Waals surface area (Å²) >= 11 is 0. The summed E-state index contributed by atoms with van der Waals surface area (Å²) in [6.07, 6.45) is 0.879. The molecule has 0 bridgehead atoms. The van der Waals surface area contributed by atoms with Crippen LogP contribution in [0.4, 0.5) is 0 Å². The fourth-order valence-electron chi connectivity index (χ4n) is 1.56. The summed E-state index contributed by atoms with van der Waals surface area (Å²) in [5.74, 6) is 5.94. The SMILES string of the molecule is CC#CCCNC(COC)c1ccccc1. The predicted octanol–water partition coefficient (Wildman–Crippen LogP) is 2.38. The molecule has 1 unspecified atom stereocenters. The molecule has 0 saturated carbocycles. The summed E-state index contributed by atoms with van der Waals surface area (Å²) in [4.78, 5) is 0. The second-order valence-electron chi connectivity index (χ2n) is 3.55. The van der Waals surface area contributed by atoms with Gasteiger partial charge in [0, 0.05) is 20.1 Å². The van der Waals surface area contributed by atoms with Crippen LogP contribution < -0.4 is 5.32 Å². The highest BCUT2D eigenvalue weighted by Gasteiger charge is 2.08. The Morgan fingerprint density at radius 2 is 2.06 bits per heavy atom. The molecule has 0 amide bonds. The predicted molar refractivity (Wildman–Crippen MR) is 67.1 cm³/mol. The van der Waals surface area contributed by atoms with Gasteiger partial charge in [-0.15, -0.1) is 11.8 Å². The fraction of sp³-hybridized carbons (Fsp3) is 0.429. The molecule has 1 aromatic carbocycles. The lowest BCUT2D eigenvalue weighted by molar-refractivity contribution is 0.167. The zero-order valence-corrected chi connectivity index (χ0v) is 9.99. The summed E-state index contributed by atoms with van der Waals surface area (Å²) in [5.41, 5.74) is 1.26. The molecule has 0 aliphatic carbocycles. The molecule has 0 fully saturated rings. The van der Waals surface area contributed by atoms with Gasteiger partial charge in [0.2, 0.25) is 0 Å². The number of benzene rings is 1. The summed E-state index contributed by atoms with van der Waals surface area (Å²) in [6.45, 7) is 3.44. The first-order chi connectivity index (χ1) is 7.88. The molecule has 0 radical (unpaired) electrons. The maximum absolute atomic E-state index is 5.22. The Kier molecular flexibility index (Phi) is 6.32. The van der Waals surface area contributed by atoms with Gasteiger partial charge >= 0.3 is 0 Å². The third-order valence-corrected chi connectivity index (χ3v) is 2.35. The molecule has 1 N–H and O–H groups in total. The van der Waals surface area contributed by atoms with Gasteiger partial charge in [-0.2, -0.15) is 0 Å². The second kappa shape index (κ2) is 7.92. The van der Waals surface area contributed by atoms with Crippen molar-refractivity contribution in [2.75, 3.05) is 20.3 Å². The van der Waals surface area contributed by atoms with Crippen LogP contribution in [0.25, 0.3) is 0 Å². The third-order valence-electron chi connectivity index (χ3n) is 2.35. The molecule has 1 aromatic rings. The van der Waals surface area contributed by atoms with E-state index in [0.717, 1.165) is 13.0 Å². The first kappa shape index (κ1) is 12.8. The number of hydrogen-bond acceptors (Lipinski definition) is 2. The molecular formula is C14H19NO. The Labute approximate surface area is 98.0 Å². The van der Waals surface area contributed by atoms with Crippen LogP contribution in [0.5, 0.6) is 0 Å². The zero-order chi connectivity index (χ0) is 11.6. The first-order valence-electron chi connectivity index (χ1n) is 5.55. The molecule has 0 aromatic heterocycles. The standard InChI is InChI=1S/C14H19NO/c1-3-4-8-11-15-14(12-16-2)13-9-6-5-7-10-13/h5-7,9-10,14-15H,8,11-12H2,1-2H3. The quantitative estimate of drug-likeness (QED) is 0.583. The summed E-state index contributed by atoms with van der Waals surface area (Å²) in [6, 6.07) is 10.6. The number of ether oxygens (including phenoxy) is 1. The largest absolute Gasteiger partial charge is 0.383 e. The monoisotopic (exact) mass is 217 g/mol. The van der Waals surface area contributed by atoms with Crippen molar-refractivity contribution < 1.29 is 4.74 Å². The van der Waals surface area contributed by atoms with Crippen LogP contribution in [0, 0.1) is 11.8 Å². The first-order valence-corrected chi connectivity index (χ1v) is 5.55. The molecular weight excluding hydrogens is 198 g/mol. The average molecular weight is 217 g/mol. The van der Waals surface area contributed by atoms with E-state index in [0.29, 0.717) is 6.61 Å². The van der Waals surface area contributed by atoms with Crippen molar-refractivity contribution >= 4 is 0 Å². The van der Waals surface area contributed by atoms with Gasteiger partial charge in [0.05, 0.1) is 12.6 Å². The van der Waals surface area contributed by atoms with E-state index in [1.165, 1.54) is 5.56 Å². The Hall–Kier alpha value is -1.30. The van der Waals surface area contributed by atoms with Gasteiger partial charge in [-0.1, -0.05) is 30.3 Å². The zero-order valence-electron chi connectivity index (χ0n) is 9.99. The van der Waals surface area contributed by atoms with E-state index in [9.17, 15) is 0 Å². The summed E-state index contributed by atoms with van der Waals surface area (Å²) in [5, 5.41) is 3.44. The number of methoxy groups -OCH3 is 1. The molecule has 2 nitrogen and oxygen atoms in total. The van der Waals surface area contributed by atoms with Crippen molar-refractivity contribution in [3.05, 3.63) is 35.9 Å². The maximum atomic E-state index is 5.22. The second-order valence-corrected chi connectivity index (χ2v) is 3.55. The average Bonchev–Trinajstić information content (AvgIpc) is 2.34. The number of hydrogen-bond donors (Lipinski definition) is 1. The maximum Gasteiger partial charge on any atom is 0.0657 e. The normalized spacial score (nSPS) is 11.6. The van der Waals surface area contributed by atoms with Crippen LogP contribution in [-0.2, 0) is 4.74 Å². The molecule has 0 spiro atoms. The molecule has 1 atom stereocenters. The minimum atomic E-state index is 0.254. The highest BCUT2D eigenvalue weighted by molar-refractivity contribution is 5.19. The molecule has 0 aliphatic heterocycles. The Morgan fingerprint density at radius 3 is 2.69 bits per heavy atom. The van der Waals surface area contributed by atoms with Crippen molar-refractivity contribution in [2.24, 2.45) is 0 Å². The Morgan fingerprint density at radius 1 is 1.31 bits per heavy atom. The summed E-state index contributed by atoms with van der Waals surface area (Å²) < 4.78 is 5.22. The fourth-order valence-corrected chi connectivity index (χ4v) is 1.56. The van der Waals surface area contributed by atoms with Gasteiger partial charge in [-0.3, -0.25) is 0 Å². The van der Waals surface area contributed by atoms with Gasteiger partial charge in [0.25, 0.3) is 0 Å². The van der Waals surface area contributed by atoms with Gasteiger partial charge in [0.1, 0.15) is 0 Å². The van der Waals surface area contributed by atoms with Crippen LogP contribution in [-0.4, -0.2) is 20.3 Å². The van der Waals surface area contributed by atoms with Crippen molar-refractivity contribution in [2.45, 2.75) is 19.4 Å². The van der Waals surface area contributed by atoms with Gasteiger partial charge in [-0.05, 0) is 12.5 Å². The Bertz CT molecular complexity index is 337. The summed E-state index contributed by atoms with van der Waals surface area (Å²) in [7, 11) is 1.73. The van der Waals surface area contributed by atoms with Crippen LogP contribution in [0.1, 0.15) is 24.9 Å². The van der Waals surface area contributed by atoms with Crippen molar-refractivity contribution in [3.8, 4) is 11.8 Å². The van der Waals surface area contributed by atoms with E-state index < -0.39 is 0 Å². The van der Waals surface area contributed by atoms with Crippen molar-refractivity contribution in [1.29, 1.82) is 0 Å². The Balaban J connectivity index is 2.50. The number of rotatable bonds is 6. The van der Waals surface area contributed by atoms with Crippen molar-refractivity contribution in [3.63, 3.8) is 0 Å². The highest BCUT2D eigenvalue weighted by Crippen LogP contribution is 2.12. The van der Waals surface area contributed by atoms with Crippen molar-refractivity contribution in [1.82, 2.24) is 5.32 Å². The van der Waals surface area contributed by atoms with Crippen LogP contribution >= 0.6 is 0 Å². The lowest BCUT2D eigenvalue weighted by atomic mass is 10.1. The number of nitrogens with one attached hydrogen (secondary N) is 1. The van der Waals surface area contributed by atoms with E-state index in [4.69, 9.17) is 4.74 Å². The van der Waals surface area contributed by atoms with Gasteiger partial charge < -0.3 is 10.1 Å². The van der Waals surface area contributed by atoms with E-state index in [1.807, 2.05) is 25.1 Å². The smallest absolute Gasteiger partial charge is 0.0657 e.